The molecule has 0 spiro atoms. The summed E-state index contributed by atoms with van der Waals surface area (Å²) in [7, 11) is 0. The van der Waals surface area contributed by atoms with Crippen LogP contribution in [0.5, 0.6) is 0 Å². The fourth-order valence-electron chi connectivity index (χ4n) is 0.852. The van der Waals surface area contributed by atoms with Crippen molar-refractivity contribution in [3.05, 3.63) is 27.1 Å². The van der Waals surface area contributed by atoms with Gasteiger partial charge in [0.2, 0.25) is 0 Å². The van der Waals surface area contributed by atoms with Gasteiger partial charge >= 0.3 is 6.18 Å². The Hall–Kier alpha value is -0.860. The summed E-state index contributed by atoms with van der Waals surface area (Å²) in [5, 5.41) is 0. The quantitative estimate of drug-likeness (QED) is 0.803. The lowest BCUT2D eigenvalue weighted by molar-refractivity contribution is -0.138. The number of hydrogen-bond donors (Lipinski definition) is 1. The van der Waals surface area contributed by atoms with Gasteiger partial charge in [-0.1, -0.05) is 0 Å². The van der Waals surface area contributed by atoms with Gasteiger partial charge in [0.05, 0.1) is 5.56 Å². The van der Waals surface area contributed by atoms with Crippen LogP contribution in [-0.2, 0) is 6.18 Å². The van der Waals surface area contributed by atoms with Crippen LogP contribution >= 0.6 is 22.6 Å². The Balaban J connectivity index is 3.38. The first kappa shape index (κ1) is 11.2. The number of alkyl halides is 3. The summed E-state index contributed by atoms with van der Waals surface area (Å²) < 4.78 is 37.3. The number of aromatic nitrogens is 1. The predicted molar refractivity (Wildman–Crippen MR) is 50.5 cm³/mol. The molecule has 0 aliphatic carbocycles. The number of nitrogens with zero attached hydrogens (tertiary/aromatic N) is 1. The minimum atomic E-state index is -4.61. The Kier molecular flexibility index (Phi) is 2.98. The average Bonchev–Trinajstić information content (AvgIpc) is 2.01. The van der Waals surface area contributed by atoms with Crippen molar-refractivity contribution in [2.45, 2.75) is 6.18 Å². The van der Waals surface area contributed by atoms with Gasteiger partial charge in [-0.3, -0.25) is 4.79 Å². The van der Waals surface area contributed by atoms with Crippen molar-refractivity contribution in [2.24, 2.45) is 5.73 Å². The normalized spacial score (nSPS) is 11.4. The van der Waals surface area contributed by atoms with Gasteiger partial charge in [-0.25, -0.2) is 4.98 Å². The van der Waals surface area contributed by atoms with Gasteiger partial charge in [0.15, 0.2) is 0 Å². The van der Waals surface area contributed by atoms with E-state index in [1.54, 1.807) is 22.6 Å². The maximum absolute atomic E-state index is 12.3. The number of halogens is 4. The van der Waals surface area contributed by atoms with Gasteiger partial charge in [-0.15, -0.1) is 0 Å². The van der Waals surface area contributed by atoms with Crippen LogP contribution < -0.4 is 5.73 Å². The number of rotatable bonds is 1. The molecule has 0 radical (unpaired) electrons. The third-order valence-corrected chi connectivity index (χ3v) is 1.98. The number of carbonyl (C=O) groups excluding carboxylic acids is 1. The van der Waals surface area contributed by atoms with Crippen molar-refractivity contribution < 1.29 is 18.0 Å². The molecular formula is C7H4F3IN2O. The minimum Gasteiger partial charge on any atom is -0.364 e. The summed E-state index contributed by atoms with van der Waals surface area (Å²) in [6.07, 6.45) is -3.46. The van der Waals surface area contributed by atoms with E-state index in [2.05, 4.69) is 4.98 Å². The molecule has 3 nitrogen and oxygen atoms in total. The highest BCUT2D eigenvalue weighted by molar-refractivity contribution is 14.1. The summed E-state index contributed by atoms with van der Waals surface area (Å²) in [4.78, 5) is 14.0. The molecule has 7 heteroatoms. The zero-order valence-electron chi connectivity index (χ0n) is 6.60. The van der Waals surface area contributed by atoms with Crippen LogP contribution in [0.1, 0.15) is 16.1 Å². The minimum absolute atomic E-state index is 0.292. The SMILES string of the molecule is NC(=O)c1ncc(I)cc1C(F)(F)F. The van der Waals surface area contributed by atoms with Gasteiger partial charge in [-0.2, -0.15) is 13.2 Å². The molecule has 1 heterocycles. The Morgan fingerprint density at radius 1 is 1.50 bits per heavy atom. The van der Waals surface area contributed by atoms with Crippen molar-refractivity contribution in [3.63, 3.8) is 0 Å². The zero-order valence-corrected chi connectivity index (χ0v) is 8.76. The largest absolute Gasteiger partial charge is 0.418 e. The third-order valence-electron chi connectivity index (χ3n) is 1.39. The Morgan fingerprint density at radius 3 is 2.50 bits per heavy atom. The van der Waals surface area contributed by atoms with Crippen LogP contribution in [0.15, 0.2) is 12.3 Å². The van der Waals surface area contributed by atoms with Crippen LogP contribution in [0, 0.1) is 3.57 Å². The zero-order chi connectivity index (χ0) is 10.9. The summed E-state index contributed by atoms with van der Waals surface area (Å²) >= 11 is 1.67. The third kappa shape index (κ3) is 2.34. The van der Waals surface area contributed by atoms with E-state index in [0.717, 1.165) is 12.3 Å². The Bertz CT molecular complexity index is 378. The molecule has 2 N–H and O–H groups in total. The maximum Gasteiger partial charge on any atom is 0.418 e. The van der Waals surface area contributed by atoms with E-state index < -0.39 is 23.3 Å². The van der Waals surface area contributed by atoms with E-state index in [1.807, 2.05) is 0 Å². The molecule has 0 saturated heterocycles. The predicted octanol–water partition coefficient (Wildman–Crippen LogP) is 1.80. The molecule has 1 aromatic heterocycles. The van der Waals surface area contributed by atoms with Crippen LogP contribution in [0.3, 0.4) is 0 Å². The van der Waals surface area contributed by atoms with Gasteiger partial charge in [0.1, 0.15) is 5.69 Å². The smallest absolute Gasteiger partial charge is 0.364 e. The highest BCUT2D eigenvalue weighted by Gasteiger charge is 2.35. The lowest BCUT2D eigenvalue weighted by Gasteiger charge is -2.09. The number of nitrogens with two attached hydrogens (primary N) is 1. The van der Waals surface area contributed by atoms with E-state index >= 15 is 0 Å². The van der Waals surface area contributed by atoms with E-state index in [-0.39, 0.29) is 0 Å². The van der Waals surface area contributed by atoms with E-state index in [0.29, 0.717) is 3.57 Å². The summed E-state index contributed by atoms with van der Waals surface area (Å²) in [6.45, 7) is 0. The fourth-order valence-corrected chi connectivity index (χ4v) is 1.30. The van der Waals surface area contributed by atoms with Crippen molar-refractivity contribution in [2.75, 3.05) is 0 Å². The Morgan fingerprint density at radius 2 is 2.07 bits per heavy atom. The molecule has 0 aliphatic rings. The molecule has 1 aromatic rings. The number of pyridine rings is 1. The molecule has 0 aliphatic heterocycles. The molecule has 14 heavy (non-hydrogen) atoms. The highest BCUT2D eigenvalue weighted by atomic mass is 127. The van der Waals surface area contributed by atoms with Gasteiger partial charge in [0.25, 0.3) is 5.91 Å². The molecule has 1 amide bonds. The molecule has 0 unspecified atom stereocenters. The number of hydrogen-bond acceptors (Lipinski definition) is 2. The molecule has 76 valence electrons. The summed E-state index contributed by atoms with van der Waals surface area (Å²) in [5.74, 6) is -1.19. The molecule has 0 atom stereocenters. The first-order valence-corrected chi connectivity index (χ1v) is 4.43. The highest BCUT2D eigenvalue weighted by Crippen LogP contribution is 2.31. The molecule has 1 rings (SSSR count). The second-order valence-corrected chi connectivity index (χ2v) is 3.66. The molecule has 0 fully saturated rings. The first-order valence-electron chi connectivity index (χ1n) is 3.35. The number of carbonyl (C=O) groups is 1. The molecule has 0 aromatic carbocycles. The number of primary amides is 1. The second kappa shape index (κ2) is 3.71. The van der Waals surface area contributed by atoms with Crippen LogP contribution in [0.25, 0.3) is 0 Å². The van der Waals surface area contributed by atoms with Crippen LogP contribution in [0.4, 0.5) is 13.2 Å². The second-order valence-electron chi connectivity index (χ2n) is 2.41. The molecule has 0 saturated carbocycles. The summed E-state index contributed by atoms with van der Waals surface area (Å²) in [5.41, 5.74) is 2.91. The van der Waals surface area contributed by atoms with Crippen LogP contribution in [-0.4, -0.2) is 10.9 Å². The number of amides is 1. The Labute approximate surface area is 90.6 Å². The van der Waals surface area contributed by atoms with Gasteiger partial charge in [0, 0.05) is 9.77 Å². The fraction of sp³-hybridized carbons (Fsp3) is 0.143. The average molecular weight is 316 g/mol. The molecular weight excluding hydrogens is 312 g/mol. The van der Waals surface area contributed by atoms with E-state index in [1.165, 1.54) is 0 Å². The van der Waals surface area contributed by atoms with Crippen molar-refractivity contribution in [1.29, 1.82) is 0 Å². The van der Waals surface area contributed by atoms with Crippen molar-refractivity contribution >= 4 is 28.5 Å². The van der Waals surface area contributed by atoms with Crippen LogP contribution in [0.2, 0.25) is 0 Å². The maximum atomic E-state index is 12.3. The van der Waals surface area contributed by atoms with Gasteiger partial charge < -0.3 is 5.73 Å². The van der Waals surface area contributed by atoms with E-state index in [4.69, 9.17) is 5.73 Å². The topological polar surface area (TPSA) is 56.0 Å². The first-order chi connectivity index (χ1) is 6.32. The van der Waals surface area contributed by atoms with E-state index in [9.17, 15) is 18.0 Å². The standard InChI is InChI=1S/C7H4F3IN2O/c8-7(9,10)4-1-3(11)2-13-5(4)6(12)14/h1-2H,(H2,12,14). The van der Waals surface area contributed by atoms with Gasteiger partial charge in [-0.05, 0) is 28.7 Å². The van der Waals surface area contributed by atoms with Crippen molar-refractivity contribution in [1.82, 2.24) is 4.98 Å². The monoisotopic (exact) mass is 316 g/mol. The molecule has 0 bridgehead atoms. The lowest BCUT2D eigenvalue weighted by Crippen LogP contribution is -2.20. The lowest BCUT2D eigenvalue weighted by atomic mass is 10.2. The summed E-state index contributed by atoms with van der Waals surface area (Å²) in [6, 6.07) is 0.827. The van der Waals surface area contributed by atoms with Crippen molar-refractivity contribution in [3.8, 4) is 0 Å².